The Morgan fingerprint density at radius 1 is 0.943 bits per heavy atom. The van der Waals surface area contributed by atoms with Crippen LogP contribution in [0.3, 0.4) is 0 Å². The summed E-state index contributed by atoms with van der Waals surface area (Å²) in [6, 6.07) is 14.3. The highest BCUT2D eigenvalue weighted by molar-refractivity contribution is 7.99. The molecule has 4 aromatic rings. The van der Waals surface area contributed by atoms with Crippen LogP contribution < -0.4 is 0 Å². The van der Waals surface area contributed by atoms with Crippen molar-refractivity contribution in [3.05, 3.63) is 111 Å². The molecule has 3 aromatic carbocycles. The highest BCUT2D eigenvalue weighted by Gasteiger charge is 2.32. The van der Waals surface area contributed by atoms with Gasteiger partial charge in [0.2, 0.25) is 0 Å². The summed E-state index contributed by atoms with van der Waals surface area (Å²) in [5.74, 6) is 1.26. The molecule has 0 aliphatic carbocycles. The predicted octanol–water partition coefficient (Wildman–Crippen LogP) is 7.20. The summed E-state index contributed by atoms with van der Waals surface area (Å²) >= 11 is 12.4. The van der Waals surface area contributed by atoms with Gasteiger partial charge in [-0.1, -0.05) is 49.2 Å². The van der Waals surface area contributed by atoms with Crippen LogP contribution in [0.25, 0.3) is 5.69 Å². The maximum atomic E-state index is 13.9. The molecule has 0 bridgehead atoms. The minimum absolute atomic E-state index is 0.122. The number of imidazole rings is 1. The molecule has 1 heterocycles. The van der Waals surface area contributed by atoms with Gasteiger partial charge in [0.25, 0.3) is 0 Å². The molecule has 4 rings (SSSR count). The molecule has 0 radical (unpaired) electrons. The number of halogens is 5. The van der Waals surface area contributed by atoms with Gasteiger partial charge in [-0.25, -0.2) is 18.2 Å². The molecule has 1 aromatic heterocycles. The third kappa shape index (κ3) is 4.99. The number of hydrogen-bond acceptors (Lipinski definition) is 2. The van der Waals surface area contributed by atoms with Gasteiger partial charge in [-0.05, 0) is 65.5 Å². The Bertz CT molecular complexity index is 1510. The number of nitrogens with zero attached hydrogens (tertiary/aromatic N) is 2. The van der Waals surface area contributed by atoms with Gasteiger partial charge in [0.1, 0.15) is 5.82 Å². The quantitative estimate of drug-likeness (QED) is 0.244. The molecule has 0 spiro atoms. The van der Waals surface area contributed by atoms with E-state index in [1.54, 1.807) is 35.0 Å². The summed E-state index contributed by atoms with van der Waals surface area (Å²) in [5.41, 5.74) is 1.58. The zero-order valence-electron chi connectivity index (χ0n) is 18.9. The summed E-state index contributed by atoms with van der Waals surface area (Å²) < 4.78 is 56.4. The standard InChI is InChI=1S/C26H21Cl2F3N2OS/c1-26(2,17-5-10-20(27)21(28)13-17)24-14-32-25(33(24)19-8-6-18(29)7-9-19)35(3,34)15-16-4-11-22(30)23(31)12-16/h4-14H,3,15H2,1-2H3. The van der Waals surface area contributed by atoms with Crippen molar-refractivity contribution in [3.63, 3.8) is 0 Å². The van der Waals surface area contributed by atoms with E-state index in [1.165, 1.54) is 18.2 Å². The van der Waals surface area contributed by atoms with Gasteiger partial charge in [0.05, 0.1) is 21.9 Å². The number of hydrogen-bond donors (Lipinski definition) is 0. The van der Waals surface area contributed by atoms with E-state index in [9.17, 15) is 17.4 Å². The lowest BCUT2D eigenvalue weighted by atomic mass is 9.81. The third-order valence-corrected chi connectivity index (χ3v) is 8.30. The molecule has 3 nitrogen and oxygen atoms in total. The average molecular weight is 537 g/mol. The molecule has 35 heavy (non-hydrogen) atoms. The van der Waals surface area contributed by atoms with E-state index in [4.69, 9.17) is 23.2 Å². The molecule has 0 aliphatic heterocycles. The largest absolute Gasteiger partial charge is 0.289 e. The fourth-order valence-corrected chi connectivity index (χ4v) is 5.80. The average Bonchev–Trinajstić information content (AvgIpc) is 3.25. The first-order chi connectivity index (χ1) is 16.4. The van der Waals surface area contributed by atoms with Gasteiger partial charge in [-0.2, -0.15) is 0 Å². The molecule has 0 saturated carbocycles. The van der Waals surface area contributed by atoms with Gasteiger partial charge >= 0.3 is 0 Å². The highest BCUT2D eigenvalue weighted by atomic mass is 35.5. The van der Waals surface area contributed by atoms with Gasteiger partial charge in [0, 0.05) is 26.4 Å². The smallest absolute Gasteiger partial charge is 0.195 e. The topological polar surface area (TPSA) is 34.9 Å². The zero-order chi connectivity index (χ0) is 25.5. The number of benzene rings is 3. The van der Waals surface area contributed by atoms with E-state index in [1.807, 2.05) is 19.9 Å². The van der Waals surface area contributed by atoms with Crippen molar-refractivity contribution < 1.29 is 17.4 Å². The van der Waals surface area contributed by atoms with Crippen LogP contribution in [0.4, 0.5) is 13.2 Å². The summed E-state index contributed by atoms with van der Waals surface area (Å²) in [6.45, 7) is 3.88. The molecule has 9 heteroatoms. The Kier molecular flexibility index (Phi) is 6.79. The molecule has 0 fully saturated rings. The van der Waals surface area contributed by atoms with Crippen LogP contribution in [0, 0.1) is 17.5 Å². The van der Waals surface area contributed by atoms with E-state index >= 15 is 0 Å². The Balaban J connectivity index is 1.89. The van der Waals surface area contributed by atoms with Gasteiger partial charge in [-0.15, -0.1) is 0 Å². The minimum atomic E-state index is -3.15. The van der Waals surface area contributed by atoms with Gasteiger partial charge in [-0.3, -0.25) is 8.78 Å². The first kappa shape index (κ1) is 25.4. The first-order valence-corrected chi connectivity index (χ1v) is 13.1. The normalized spacial score (nSPS) is 13.6. The molecule has 0 aliphatic rings. The van der Waals surface area contributed by atoms with Crippen molar-refractivity contribution >= 4 is 38.6 Å². The Morgan fingerprint density at radius 2 is 1.63 bits per heavy atom. The van der Waals surface area contributed by atoms with Crippen molar-refractivity contribution in [2.45, 2.75) is 30.2 Å². The predicted molar refractivity (Wildman–Crippen MR) is 136 cm³/mol. The monoisotopic (exact) mass is 536 g/mol. The molecule has 1 atom stereocenters. The van der Waals surface area contributed by atoms with E-state index in [-0.39, 0.29) is 10.9 Å². The van der Waals surface area contributed by atoms with E-state index in [0.29, 0.717) is 27.0 Å². The summed E-state index contributed by atoms with van der Waals surface area (Å²) in [6.07, 6.45) is 1.58. The molecule has 0 saturated heterocycles. The Hall–Kier alpha value is -2.74. The molecule has 0 amide bonds. The van der Waals surface area contributed by atoms with E-state index < -0.39 is 32.4 Å². The maximum Gasteiger partial charge on any atom is 0.195 e. The second-order valence-electron chi connectivity index (χ2n) is 8.70. The second kappa shape index (κ2) is 9.37. The first-order valence-electron chi connectivity index (χ1n) is 10.5. The third-order valence-electron chi connectivity index (χ3n) is 5.81. The van der Waals surface area contributed by atoms with Crippen LogP contribution in [0.15, 0.2) is 72.0 Å². The lowest BCUT2D eigenvalue weighted by molar-refractivity contribution is 0.507. The minimum Gasteiger partial charge on any atom is -0.289 e. The van der Waals surface area contributed by atoms with Crippen molar-refractivity contribution in [1.29, 1.82) is 0 Å². The number of aromatic nitrogens is 2. The van der Waals surface area contributed by atoms with Crippen LogP contribution >= 0.6 is 23.2 Å². The van der Waals surface area contributed by atoms with Crippen molar-refractivity contribution in [2.24, 2.45) is 0 Å². The van der Waals surface area contributed by atoms with Gasteiger partial charge in [0.15, 0.2) is 16.8 Å². The molecule has 0 N–H and O–H groups in total. The van der Waals surface area contributed by atoms with Crippen molar-refractivity contribution in [1.82, 2.24) is 9.55 Å². The van der Waals surface area contributed by atoms with Crippen LogP contribution in [-0.2, 0) is 20.7 Å². The zero-order valence-corrected chi connectivity index (χ0v) is 21.2. The maximum absolute atomic E-state index is 13.9. The number of rotatable bonds is 6. The summed E-state index contributed by atoms with van der Waals surface area (Å²) in [4.78, 5) is 4.46. The van der Waals surface area contributed by atoms with Gasteiger partial charge < -0.3 is 0 Å². The van der Waals surface area contributed by atoms with Crippen molar-refractivity contribution in [3.8, 4) is 5.69 Å². The van der Waals surface area contributed by atoms with Crippen LogP contribution in [0.5, 0.6) is 0 Å². The van der Waals surface area contributed by atoms with E-state index in [0.717, 1.165) is 17.7 Å². The molecule has 1 unspecified atom stereocenters. The fraction of sp³-hybridized carbons (Fsp3) is 0.154. The lowest BCUT2D eigenvalue weighted by Crippen LogP contribution is -2.24. The summed E-state index contributed by atoms with van der Waals surface area (Å²) in [7, 11) is -3.15. The molecular weight excluding hydrogens is 516 g/mol. The van der Waals surface area contributed by atoms with Crippen LogP contribution in [-0.4, -0.2) is 19.6 Å². The highest BCUT2D eigenvalue weighted by Crippen LogP contribution is 2.37. The van der Waals surface area contributed by atoms with Crippen LogP contribution in [0.1, 0.15) is 30.7 Å². The Morgan fingerprint density at radius 3 is 2.26 bits per heavy atom. The molecular formula is C26H21Cl2F3N2OS. The van der Waals surface area contributed by atoms with Crippen molar-refractivity contribution in [2.75, 3.05) is 0 Å². The second-order valence-corrected chi connectivity index (χ2v) is 11.8. The fourth-order valence-electron chi connectivity index (χ4n) is 3.87. The Labute approximate surface area is 212 Å². The molecule has 182 valence electrons. The lowest BCUT2D eigenvalue weighted by Gasteiger charge is -2.28. The van der Waals surface area contributed by atoms with Crippen LogP contribution in [0.2, 0.25) is 10.0 Å². The summed E-state index contributed by atoms with van der Waals surface area (Å²) in [5, 5.41) is 0.910. The van der Waals surface area contributed by atoms with E-state index in [2.05, 4.69) is 10.9 Å². The SMILES string of the molecule is C=S(=O)(Cc1ccc(F)c(F)c1)c1ncc(C(C)(C)c2ccc(Cl)c(Cl)c2)n1-c1ccc(F)cc1.